The monoisotopic (exact) mass is 284 g/mol. The van der Waals surface area contributed by atoms with Gasteiger partial charge < -0.3 is 0 Å². The van der Waals surface area contributed by atoms with E-state index in [0.717, 1.165) is 12.0 Å². The number of halogens is 2. The third-order valence-electron chi connectivity index (χ3n) is 3.40. The molecule has 0 saturated heterocycles. The predicted molar refractivity (Wildman–Crippen MR) is 69.7 cm³/mol. The molecule has 0 spiro atoms. The zero-order chi connectivity index (χ0) is 11.5. The number of benzene rings is 1. The highest BCUT2D eigenvalue weighted by molar-refractivity contribution is 9.09. The maximum atomic E-state index is 13.4. The minimum atomic E-state index is -0.0923. The molecule has 1 aliphatic rings. The van der Waals surface area contributed by atoms with Gasteiger partial charge >= 0.3 is 0 Å². The third kappa shape index (κ3) is 3.07. The van der Waals surface area contributed by atoms with Gasteiger partial charge in [0, 0.05) is 4.83 Å². The fraction of sp³-hybridized carbons (Fsp3) is 0.571. The minimum absolute atomic E-state index is 0.0923. The first-order chi connectivity index (χ1) is 7.65. The summed E-state index contributed by atoms with van der Waals surface area (Å²) in [6.07, 6.45) is 6.15. The molecule has 0 N–H and O–H groups in total. The fourth-order valence-corrected chi connectivity index (χ4v) is 3.38. The Kier molecular flexibility index (Phi) is 4.01. The normalized spacial score (nSPS) is 26.4. The Labute approximate surface area is 105 Å². The first kappa shape index (κ1) is 12.1. The Hall–Kier alpha value is -0.370. The van der Waals surface area contributed by atoms with Gasteiger partial charge in [-0.25, -0.2) is 4.39 Å². The molecular weight excluding hydrogens is 267 g/mol. The summed E-state index contributed by atoms with van der Waals surface area (Å²) in [6.45, 7) is 1.97. The van der Waals surface area contributed by atoms with Crippen LogP contribution in [0.5, 0.6) is 0 Å². The second kappa shape index (κ2) is 5.31. The van der Waals surface area contributed by atoms with Crippen LogP contribution in [0.2, 0.25) is 0 Å². The van der Waals surface area contributed by atoms with E-state index in [-0.39, 0.29) is 5.82 Å². The van der Waals surface area contributed by atoms with Gasteiger partial charge in [-0.1, -0.05) is 34.8 Å². The Morgan fingerprint density at radius 2 is 1.94 bits per heavy atom. The van der Waals surface area contributed by atoms with Crippen molar-refractivity contribution in [2.45, 2.75) is 49.8 Å². The van der Waals surface area contributed by atoms with E-state index in [1.54, 1.807) is 12.1 Å². The van der Waals surface area contributed by atoms with E-state index in [2.05, 4.69) is 22.0 Å². The lowest BCUT2D eigenvalue weighted by atomic mass is 9.91. The number of hydrogen-bond donors (Lipinski definition) is 0. The molecule has 1 saturated carbocycles. The van der Waals surface area contributed by atoms with Crippen LogP contribution in [0.15, 0.2) is 18.2 Å². The van der Waals surface area contributed by atoms with E-state index in [0.29, 0.717) is 10.7 Å². The van der Waals surface area contributed by atoms with Crippen LogP contribution in [0.25, 0.3) is 0 Å². The van der Waals surface area contributed by atoms with Crippen LogP contribution in [-0.4, -0.2) is 4.83 Å². The van der Waals surface area contributed by atoms with Crippen molar-refractivity contribution in [3.8, 4) is 0 Å². The van der Waals surface area contributed by atoms with E-state index >= 15 is 0 Å². The lowest BCUT2D eigenvalue weighted by molar-refractivity contribution is 0.583. The van der Waals surface area contributed by atoms with E-state index in [1.807, 2.05) is 6.92 Å². The van der Waals surface area contributed by atoms with E-state index in [9.17, 15) is 4.39 Å². The van der Waals surface area contributed by atoms with Gasteiger partial charge in [-0.3, -0.25) is 0 Å². The summed E-state index contributed by atoms with van der Waals surface area (Å²) in [7, 11) is 0. The third-order valence-corrected chi connectivity index (χ3v) is 4.23. The molecule has 1 fully saturated rings. The van der Waals surface area contributed by atoms with Crippen molar-refractivity contribution in [2.75, 3.05) is 0 Å². The molecule has 1 aromatic rings. The molecule has 0 heterocycles. The van der Waals surface area contributed by atoms with Crippen molar-refractivity contribution in [1.29, 1.82) is 0 Å². The SMILES string of the molecule is Cc1cc(F)cc(C2CCCCC(Br)C2)c1. The standard InChI is InChI=1S/C14H18BrF/c1-10-6-12(9-14(16)7-10)11-4-2-3-5-13(15)8-11/h6-7,9,11,13H,2-5,8H2,1H3. The molecule has 0 aromatic heterocycles. The fourth-order valence-electron chi connectivity index (χ4n) is 2.60. The molecule has 2 atom stereocenters. The summed E-state index contributed by atoms with van der Waals surface area (Å²) >= 11 is 3.72. The second-order valence-electron chi connectivity index (χ2n) is 4.88. The average molecular weight is 285 g/mol. The van der Waals surface area contributed by atoms with Gasteiger partial charge in [0.05, 0.1) is 0 Å². The van der Waals surface area contributed by atoms with Gasteiger partial charge in [-0.2, -0.15) is 0 Å². The van der Waals surface area contributed by atoms with Crippen molar-refractivity contribution in [3.63, 3.8) is 0 Å². The van der Waals surface area contributed by atoms with Crippen LogP contribution in [0, 0.1) is 12.7 Å². The Bertz CT molecular complexity index is 342. The van der Waals surface area contributed by atoms with Crippen molar-refractivity contribution in [3.05, 3.63) is 35.1 Å². The first-order valence-corrected chi connectivity index (χ1v) is 6.98. The van der Waals surface area contributed by atoms with Crippen LogP contribution < -0.4 is 0 Å². The summed E-state index contributed by atoms with van der Waals surface area (Å²) in [4.78, 5) is 0.601. The molecule has 2 unspecified atom stereocenters. The van der Waals surface area contributed by atoms with Gasteiger partial charge in [0.2, 0.25) is 0 Å². The van der Waals surface area contributed by atoms with Crippen LogP contribution in [-0.2, 0) is 0 Å². The molecule has 1 aromatic carbocycles. The maximum absolute atomic E-state index is 13.4. The van der Waals surface area contributed by atoms with Gasteiger partial charge in [0.1, 0.15) is 5.82 Å². The quantitative estimate of drug-likeness (QED) is 0.506. The highest BCUT2D eigenvalue weighted by Gasteiger charge is 2.20. The molecule has 0 radical (unpaired) electrons. The average Bonchev–Trinajstić information content (AvgIpc) is 2.41. The molecular formula is C14H18BrF. The van der Waals surface area contributed by atoms with Crippen molar-refractivity contribution >= 4 is 15.9 Å². The topological polar surface area (TPSA) is 0 Å². The highest BCUT2D eigenvalue weighted by Crippen LogP contribution is 2.35. The Morgan fingerprint density at radius 1 is 1.19 bits per heavy atom. The first-order valence-electron chi connectivity index (χ1n) is 6.06. The summed E-state index contributed by atoms with van der Waals surface area (Å²) in [5, 5.41) is 0. The number of rotatable bonds is 1. The number of aryl methyl sites for hydroxylation is 1. The molecule has 2 heteroatoms. The second-order valence-corrected chi connectivity index (χ2v) is 6.17. The van der Waals surface area contributed by atoms with Gasteiger partial charge in [0.25, 0.3) is 0 Å². The molecule has 2 rings (SSSR count). The molecule has 0 bridgehead atoms. The van der Waals surface area contributed by atoms with Crippen LogP contribution in [0.3, 0.4) is 0 Å². The van der Waals surface area contributed by atoms with Gasteiger partial charge in [0.15, 0.2) is 0 Å². The van der Waals surface area contributed by atoms with Gasteiger partial charge in [-0.15, -0.1) is 0 Å². The lowest BCUT2D eigenvalue weighted by Crippen LogP contribution is -2.04. The van der Waals surface area contributed by atoms with Crippen LogP contribution in [0.1, 0.15) is 49.1 Å². The summed E-state index contributed by atoms with van der Waals surface area (Å²) in [5.74, 6) is 0.437. The Balaban J connectivity index is 2.21. The highest BCUT2D eigenvalue weighted by atomic mass is 79.9. The van der Waals surface area contributed by atoms with E-state index in [4.69, 9.17) is 0 Å². The zero-order valence-electron chi connectivity index (χ0n) is 9.68. The molecule has 16 heavy (non-hydrogen) atoms. The van der Waals surface area contributed by atoms with Gasteiger partial charge in [-0.05, 0) is 55.4 Å². The molecule has 0 aliphatic heterocycles. The maximum Gasteiger partial charge on any atom is 0.123 e. The van der Waals surface area contributed by atoms with Crippen LogP contribution in [0.4, 0.5) is 4.39 Å². The lowest BCUT2D eigenvalue weighted by Gasteiger charge is -2.17. The largest absolute Gasteiger partial charge is 0.207 e. The molecule has 1 aliphatic carbocycles. The summed E-state index contributed by atoms with van der Waals surface area (Å²) in [6, 6.07) is 5.45. The Morgan fingerprint density at radius 3 is 2.69 bits per heavy atom. The molecule has 0 nitrogen and oxygen atoms in total. The van der Waals surface area contributed by atoms with E-state index in [1.165, 1.54) is 31.2 Å². The molecule has 0 amide bonds. The van der Waals surface area contributed by atoms with Crippen LogP contribution >= 0.6 is 15.9 Å². The predicted octanol–water partition coefficient (Wildman–Crippen LogP) is 4.95. The number of hydrogen-bond acceptors (Lipinski definition) is 0. The van der Waals surface area contributed by atoms with Crippen molar-refractivity contribution in [1.82, 2.24) is 0 Å². The van der Waals surface area contributed by atoms with Crippen molar-refractivity contribution < 1.29 is 4.39 Å². The molecule has 88 valence electrons. The summed E-state index contributed by atoms with van der Waals surface area (Å²) < 4.78 is 13.4. The van der Waals surface area contributed by atoms with Crippen molar-refractivity contribution in [2.24, 2.45) is 0 Å². The smallest absolute Gasteiger partial charge is 0.123 e. The van der Waals surface area contributed by atoms with E-state index < -0.39 is 0 Å². The summed E-state index contributed by atoms with van der Waals surface area (Å²) in [5.41, 5.74) is 2.22. The zero-order valence-corrected chi connectivity index (χ0v) is 11.3. The minimum Gasteiger partial charge on any atom is -0.207 e. The number of alkyl halides is 1.